The lowest BCUT2D eigenvalue weighted by molar-refractivity contribution is 0.593. The second-order valence-corrected chi connectivity index (χ2v) is 5.97. The Morgan fingerprint density at radius 3 is 2.65 bits per heavy atom. The van der Waals surface area contributed by atoms with Gasteiger partial charge in [0, 0.05) is 6.04 Å². The van der Waals surface area contributed by atoms with Crippen LogP contribution < -0.4 is 10.0 Å². The van der Waals surface area contributed by atoms with E-state index in [1.165, 1.54) is 31.6 Å². The van der Waals surface area contributed by atoms with Gasteiger partial charge < -0.3 is 5.32 Å². The average molecular weight is 256 g/mol. The lowest BCUT2D eigenvalue weighted by Gasteiger charge is -2.07. The van der Waals surface area contributed by atoms with Gasteiger partial charge >= 0.3 is 0 Å². The first-order valence-electron chi connectivity index (χ1n) is 5.65. The molecular formula is C10H16N4O2S. The zero-order valence-corrected chi connectivity index (χ0v) is 10.3. The van der Waals surface area contributed by atoms with E-state index >= 15 is 0 Å². The zero-order valence-electron chi connectivity index (χ0n) is 9.46. The maximum absolute atomic E-state index is 11.7. The first kappa shape index (κ1) is 12.3. The zero-order chi connectivity index (χ0) is 12.1. The molecule has 0 radical (unpaired) electrons. The Balaban J connectivity index is 1.73. The molecule has 1 saturated carbocycles. The van der Waals surface area contributed by atoms with Gasteiger partial charge in [-0.05, 0) is 25.8 Å². The average Bonchev–Trinajstić information content (AvgIpc) is 3.09. The molecule has 0 unspecified atom stereocenters. The predicted octanol–water partition coefficient (Wildman–Crippen LogP) is 0.360. The van der Waals surface area contributed by atoms with Crippen LogP contribution in [0.25, 0.3) is 0 Å². The maximum Gasteiger partial charge on any atom is 0.232 e. The molecule has 0 spiro atoms. The van der Waals surface area contributed by atoms with Crippen LogP contribution in [0, 0.1) is 0 Å². The molecule has 94 valence electrons. The molecule has 1 aromatic rings. The molecule has 0 saturated heterocycles. The Morgan fingerprint density at radius 1 is 1.29 bits per heavy atom. The van der Waals surface area contributed by atoms with Crippen LogP contribution >= 0.6 is 0 Å². The Bertz CT molecular complexity index is 445. The van der Waals surface area contributed by atoms with Gasteiger partial charge in [-0.1, -0.05) is 0 Å². The van der Waals surface area contributed by atoms with Crippen LogP contribution in [0.1, 0.15) is 19.3 Å². The molecule has 2 N–H and O–H groups in total. The standard InChI is InChI=1S/C10H16N4O2S/c15-17(16,5-1-4-13-9-2-3-9)14-10-6-11-8-12-7-10/h6-9,13-14H,1-5H2. The van der Waals surface area contributed by atoms with Crippen LogP contribution in [-0.2, 0) is 10.0 Å². The minimum atomic E-state index is -3.28. The molecule has 1 fully saturated rings. The maximum atomic E-state index is 11.7. The number of anilines is 1. The number of hydrogen-bond donors (Lipinski definition) is 2. The summed E-state index contributed by atoms with van der Waals surface area (Å²) in [4.78, 5) is 7.49. The van der Waals surface area contributed by atoms with E-state index in [1.54, 1.807) is 0 Å². The second kappa shape index (κ2) is 5.42. The summed E-state index contributed by atoms with van der Waals surface area (Å²) in [6.07, 6.45) is 7.27. The van der Waals surface area contributed by atoms with E-state index in [-0.39, 0.29) is 5.75 Å². The monoisotopic (exact) mass is 256 g/mol. The molecule has 1 aliphatic carbocycles. The second-order valence-electron chi connectivity index (χ2n) is 4.13. The van der Waals surface area contributed by atoms with Crippen molar-refractivity contribution >= 4 is 15.7 Å². The molecule has 17 heavy (non-hydrogen) atoms. The van der Waals surface area contributed by atoms with Gasteiger partial charge in [-0.15, -0.1) is 0 Å². The van der Waals surface area contributed by atoms with Crippen LogP contribution in [0.2, 0.25) is 0 Å². The van der Waals surface area contributed by atoms with Crippen molar-refractivity contribution in [1.29, 1.82) is 0 Å². The molecule has 1 aliphatic rings. The van der Waals surface area contributed by atoms with Crippen LogP contribution in [0.4, 0.5) is 5.69 Å². The fourth-order valence-electron chi connectivity index (χ4n) is 1.44. The Labute approximate surface area is 101 Å². The molecule has 0 atom stereocenters. The van der Waals surface area contributed by atoms with E-state index in [1.807, 2.05) is 0 Å². The SMILES string of the molecule is O=S(=O)(CCCNC1CC1)Nc1cncnc1. The largest absolute Gasteiger partial charge is 0.314 e. The van der Waals surface area contributed by atoms with Crippen LogP contribution in [0.3, 0.4) is 0 Å². The Morgan fingerprint density at radius 2 is 2.00 bits per heavy atom. The highest BCUT2D eigenvalue weighted by Crippen LogP contribution is 2.18. The van der Waals surface area contributed by atoms with Gasteiger partial charge in [0.1, 0.15) is 6.33 Å². The topological polar surface area (TPSA) is 84.0 Å². The molecule has 0 amide bonds. The molecule has 2 rings (SSSR count). The number of nitrogens with zero attached hydrogens (tertiary/aromatic N) is 2. The molecule has 7 heteroatoms. The summed E-state index contributed by atoms with van der Waals surface area (Å²) < 4.78 is 25.8. The Hall–Kier alpha value is -1.21. The van der Waals surface area contributed by atoms with Gasteiger partial charge in [0.15, 0.2) is 0 Å². The number of sulfonamides is 1. The third kappa shape index (κ3) is 4.66. The first-order chi connectivity index (χ1) is 8.16. The number of rotatable bonds is 7. The van der Waals surface area contributed by atoms with Gasteiger partial charge in [0.25, 0.3) is 0 Å². The molecule has 1 aromatic heterocycles. The third-order valence-electron chi connectivity index (χ3n) is 2.43. The summed E-state index contributed by atoms with van der Waals surface area (Å²) in [6, 6.07) is 0.619. The highest BCUT2D eigenvalue weighted by molar-refractivity contribution is 7.92. The Kier molecular flexibility index (Phi) is 3.90. The van der Waals surface area contributed by atoms with Crippen molar-refractivity contribution < 1.29 is 8.42 Å². The van der Waals surface area contributed by atoms with E-state index in [4.69, 9.17) is 0 Å². The van der Waals surface area contributed by atoms with Crippen molar-refractivity contribution in [2.75, 3.05) is 17.0 Å². The van der Waals surface area contributed by atoms with Crippen molar-refractivity contribution in [3.8, 4) is 0 Å². The fraction of sp³-hybridized carbons (Fsp3) is 0.600. The molecular weight excluding hydrogens is 240 g/mol. The van der Waals surface area contributed by atoms with E-state index in [2.05, 4.69) is 20.0 Å². The van der Waals surface area contributed by atoms with Crippen molar-refractivity contribution in [3.05, 3.63) is 18.7 Å². The van der Waals surface area contributed by atoms with E-state index in [9.17, 15) is 8.42 Å². The first-order valence-corrected chi connectivity index (χ1v) is 7.30. The van der Waals surface area contributed by atoms with Gasteiger partial charge in [-0.3, -0.25) is 4.72 Å². The lowest BCUT2D eigenvalue weighted by Crippen LogP contribution is -2.23. The summed E-state index contributed by atoms with van der Waals surface area (Å²) in [6.45, 7) is 0.747. The quantitative estimate of drug-likeness (QED) is 0.688. The minimum Gasteiger partial charge on any atom is -0.314 e. The summed E-state index contributed by atoms with van der Waals surface area (Å²) in [5.74, 6) is 0.113. The van der Waals surface area contributed by atoms with Crippen LogP contribution in [0.15, 0.2) is 18.7 Å². The highest BCUT2D eigenvalue weighted by Gasteiger charge is 2.20. The summed E-state index contributed by atoms with van der Waals surface area (Å²) in [5.41, 5.74) is 0.405. The van der Waals surface area contributed by atoms with E-state index in [0.29, 0.717) is 18.2 Å². The molecule has 0 aliphatic heterocycles. The number of nitrogens with one attached hydrogen (secondary N) is 2. The van der Waals surface area contributed by atoms with Crippen LogP contribution in [-0.4, -0.2) is 36.7 Å². The van der Waals surface area contributed by atoms with Gasteiger partial charge in [-0.2, -0.15) is 0 Å². The molecule has 6 nitrogen and oxygen atoms in total. The van der Waals surface area contributed by atoms with Crippen molar-refractivity contribution in [2.24, 2.45) is 0 Å². The summed E-state index contributed by atoms with van der Waals surface area (Å²) in [7, 11) is -3.28. The highest BCUT2D eigenvalue weighted by atomic mass is 32.2. The van der Waals surface area contributed by atoms with Gasteiger partial charge in [-0.25, -0.2) is 18.4 Å². The van der Waals surface area contributed by atoms with Gasteiger partial charge in [0.05, 0.1) is 23.8 Å². The van der Waals surface area contributed by atoms with Crippen molar-refractivity contribution in [2.45, 2.75) is 25.3 Å². The minimum absolute atomic E-state index is 0.113. The van der Waals surface area contributed by atoms with Gasteiger partial charge in [0.2, 0.25) is 10.0 Å². The van der Waals surface area contributed by atoms with E-state index in [0.717, 1.165) is 6.54 Å². The molecule has 1 heterocycles. The third-order valence-corrected chi connectivity index (χ3v) is 3.81. The molecule has 0 bridgehead atoms. The normalized spacial score (nSPS) is 15.8. The summed E-state index contributed by atoms with van der Waals surface area (Å²) in [5, 5.41) is 3.28. The number of aromatic nitrogens is 2. The van der Waals surface area contributed by atoms with Crippen molar-refractivity contribution in [1.82, 2.24) is 15.3 Å². The predicted molar refractivity (Wildman–Crippen MR) is 65.1 cm³/mol. The smallest absolute Gasteiger partial charge is 0.232 e. The lowest BCUT2D eigenvalue weighted by atomic mass is 10.5. The van der Waals surface area contributed by atoms with E-state index < -0.39 is 10.0 Å². The number of hydrogen-bond acceptors (Lipinski definition) is 5. The summed E-state index contributed by atoms with van der Waals surface area (Å²) >= 11 is 0. The molecule has 0 aromatic carbocycles. The fourth-order valence-corrected chi connectivity index (χ4v) is 2.53. The van der Waals surface area contributed by atoms with Crippen molar-refractivity contribution in [3.63, 3.8) is 0 Å². The van der Waals surface area contributed by atoms with Crippen LogP contribution in [0.5, 0.6) is 0 Å².